The van der Waals surface area contributed by atoms with Gasteiger partial charge in [0, 0.05) is 36.9 Å². The first-order valence-corrected chi connectivity index (χ1v) is 12.7. The van der Waals surface area contributed by atoms with Crippen molar-refractivity contribution in [3.05, 3.63) is 11.8 Å². The molecule has 29 heavy (non-hydrogen) atoms. The molecule has 2 aliphatic carbocycles. The highest BCUT2D eigenvalue weighted by Crippen LogP contribution is 2.57. The molecule has 4 aliphatic rings. The van der Waals surface area contributed by atoms with Crippen molar-refractivity contribution in [2.45, 2.75) is 75.3 Å². The molecule has 1 saturated heterocycles. The summed E-state index contributed by atoms with van der Waals surface area (Å²) >= 11 is 0. The number of aromatic nitrogens is 2. The average Bonchev–Trinajstić information content (AvgIpc) is 3.46. The van der Waals surface area contributed by atoms with Gasteiger partial charge in [0.2, 0.25) is 21.9 Å². The van der Waals surface area contributed by atoms with Crippen LogP contribution in [0.3, 0.4) is 0 Å². The Bertz CT molecular complexity index is 916. The van der Waals surface area contributed by atoms with Gasteiger partial charge in [-0.25, -0.2) is 17.7 Å². The van der Waals surface area contributed by atoms with Crippen LogP contribution in [0.25, 0.3) is 0 Å². The SMILES string of the molecule is CS(=O)(=O)N1CCC(Nc2ncc3c(n2)N(C2CCCCC2)C(=O)C32CC2)CC1. The zero-order valence-corrected chi connectivity index (χ0v) is 17.7. The van der Waals surface area contributed by atoms with Crippen LogP contribution < -0.4 is 10.2 Å². The van der Waals surface area contributed by atoms with E-state index < -0.39 is 10.0 Å². The Kier molecular flexibility index (Phi) is 4.58. The van der Waals surface area contributed by atoms with E-state index in [4.69, 9.17) is 4.98 Å². The number of piperidine rings is 1. The van der Waals surface area contributed by atoms with E-state index in [1.165, 1.54) is 29.8 Å². The lowest BCUT2D eigenvalue weighted by atomic mass is 9.94. The van der Waals surface area contributed by atoms with E-state index in [9.17, 15) is 13.2 Å². The van der Waals surface area contributed by atoms with Crippen LogP contribution in [0.4, 0.5) is 11.8 Å². The monoisotopic (exact) mass is 419 g/mol. The lowest BCUT2D eigenvalue weighted by molar-refractivity contribution is -0.120. The number of nitrogens with zero attached hydrogens (tertiary/aromatic N) is 4. The van der Waals surface area contributed by atoms with Crippen LogP contribution >= 0.6 is 0 Å². The van der Waals surface area contributed by atoms with Crippen molar-refractivity contribution in [3.63, 3.8) is 0 Å². The molecule has 3 heterocycles. The lowest BCUT2D eigenvalue weighted by Gasteiger charge is -2.32. The molecule has 1 N–H and O–H groups in total. The Labute approximate surface area is 172 Å². The lowest BCUT2D eigenvalue weighted by Crippen LogP contribution is -2.42. The normalized spacial score (nSPS) is 25.4. The second kappa shape index (κ2) is 6.91. The molecule has 5 rings (SSSR count). The minimum absolute atomic E-state index is 0.140. The Balaban J connectivity index is 1.35. The summed E-state index contributed by atoms with van der Waals surface area (Å²) in [6, 6.07) is 0.400. The van der Waals surface area contributed by atoms with Gasteiger partial charge < -0.3 is 5.32 Å². The first-order valence-electron chi connectivity index (χ1n) is 10.8. The molecule has 1 spiro atoms. The van der Waals surface area contributed by atoms with Gasteiger partial charge in [-0.2, -0.15) is 4.98 Å². The number of amides is 1. The summed E-state index contributed by atoms with van der Waals surface area (Å²) in [6.07, 6.45) is 12.1. The molecular weight excluding hydrogens is 390 g/mol. The third-order valence-corrected chi connectivity index (χ3v) is 8.39. The number of carbonyl (C=O) groups excluding carboxylic acids is 1. The first kappa shape index (κ1) is 19.2. The predicted molar refractivity (Wildman–Crippen MR) is 110 cm³/mol. The first-order chi connectivity index (χ1) is 13.9. The van der Waals surface area contributed by atoms with Crippen LogP contribution in [0.2, 0.25) is 0 Å². The largest absolute Gasteiger partial charge is 0.351 e. The molecule has 8 nitrogen and oxygen atoms in total. The van der Waals surface area contributed by atoms with Crippen LogP contribution in [0.5, 0.6) is 0 Å². The Morgan fingerprint density at radius 3 is 2.41 bits per heavy atom. The average molecular weight is 420 g/mol. The van der Waals surface area contributed by atoms with Gasteiger partial charge in [-0.1, -0.05) is 19.3 Å². The maximum absolute atomic E-state index is 13.3. The van der Waals surface area contributed by atoms with Crippen LogP contribution in [-0.4, -0.2) is 60.0 Å². The molecule has 2 saturated carbocycles. The Morgan fingerprint density at radius 1 is 1.10 bits per heavy atom. The number of nitrogens with one attached hydrogen (secondary N) is 1. The molecule has 0 aromatic carbocycles. The number of anilines is 2. The fourth-order valence-corrected chi connectivity index (χ4v) is 6.08. The number of fused-ring (bicyclic) bond motifs is 2. The van der Waals surface area contributed by atoms with E-state index in [2.05, 4.69) is 10.3 Å². The molecule has 1 aromatic rings. The fourth-order valence-electron chi connectivity index (χ4n) is 5.21. The number of hydrogen-bond acceptors (Lipinski definition) is 6. The van der Waals surface area contributed by atoms with Crippen LogP contribution in [-0.2, 0) is 20.2 Å². The van der Waals surface area contributed by atoms with E-state index in [1.807, 2.05) is 11.1 Å². The molecule has 1 amide bonds. The highest BCUT2D eigenvalue weighted by Gasteiger charge is 2.61. The highest BCUT2D eigenvalue weighted by atomic mass is 32.2. The predicted octanol–water partition coefficient (Wildman–Crippen LogP) is 2.02. The zero-order chi connectivity index (χ0) is 20.2. The van der Waals surface area contributed by atoms with E-state index in [1.54, 1.807) is 0 Å². The van der Waals surface area contributed by atoms with Crippen molar-refractivity contribution in [2.24, 2.45) is 0 Å². The van der Waals surface area contributed by atoms with Gasteiger partial charge in [-0.05, 0) is 38.5 Å². The molecule has 0 radical (unpaired) electrons. The second-order valence-electron chi connectivity index (χ2n) is 9.06. The highest BCUT2D eigenvalue weighted by molar-refractivity contribution is 7.88. The number of sulfonamides is 1. The molecule has 158 valence electrons. The number of carbonyl (C=O) groups is 1. The summed E-state index contributed by atoms with van der Waals surface area (Å²) in [4.78, 5) is 24.6. The van der Waals surface area contributed by atoms with Gasteiger partial charge in [0.05, 0.1) is 11.7 Å². The van der Waals surface area contributed by atoms with Crippen molar-refractivity contribution in [3.8, 4) is 0 Å². The summed E-state index contributed by atoms with van der Waals surface area (Å²) in [5.41, 5.74) is 0.650. The molecule has 9 heteroatoms. The number of rotatable bonds is 4. The van der Waals surface area contributed by atoms with Crippen molar-refractivity contribution in [1.82, 2.24) is 14.3 Å². The molecule has 3 fully saturated rings. The molecule has 0 unspecified atom stereocenters. The Morgan fingerprint density at radius 2 is 1.79 bits per heavy atom. The molecule has 0 bridgehead atoms. The van der Waals surface area contributed by atoms with E-state index in [0.717, 1.165) is 49.9 Å². The Hall–Kier alpha value is -1.74. The maximum Gasteiger partial charge on any atom is 0.239 e. The maximum atomic E-state index is 13.3. The molecular formula is C20H29N5O3S. The van der Waals surface area contributed by atoms with Crippen molar-refractivity contribution in [1.29, 1.82) is 0 Å². The third-order valence-electron chi connectivity index (χ3n) is 7.09. The van der Waals surface area contributed by atoms with E-state index in [0.29, 0.717) is 19.0 Å². The minimum atomic E-state index is -3.13. The van der Waals surface area contributed by atoms with Gasteiger partial charge in [-0.15, -0.1) is 0 Å². The molecule has 0 atom stereocenters. The van der Waals surface area contributed by atoms with Gasteiger partial charge >= 0.3 is 0 Å². The standard InChI is InChI=1S/C20H29N5O3S/c1-29(27,28)24-11-7-14(8-12-24)22-19-21-13-16-17(23-19)25(15-5-3-2-4-6-15)18(26)20(16)9-10-20/h13-15H,2-12H2,1H3,(H,21,22,23). The van der Waals surface area contributed by atoms with Gasteiger partial charge in [0.25, 0.3) is 0 Å². The minimum Gasteiger partial charge on any atom is -0.351 e. The second-order valence-corrected chi connectivity index (χ2v) is 11.0. The van der Waals surface area contributed by atoms with E-state index in [-0.39, 0.29) is 23.4 Å². The summed E-state index contributed by atoms with van der Waals surface area (Å²) in [7, 11) is -3.13. The van der Waals surface area contributed by atoms with E-state index >= 15 is 0 Å². The van der Waals surface area contributed by atoms with Crippen molar-refractivity contribution >= 4 is 27.7 Å². The smallest absolute Gasteiger partial charge is 0.239 e. The zero-order valence-electron chi connectivity index (χ0n) is 16.9. The number of hydrogen-bond donors (Lipinski definition) is 1. The van der Waals surface area contributed by atoms with Crippen molar-refractivity contribution < 1.29 is 13.2 Å². The van der Waals surface area contributed by atoms with Crippen LogP contribution in [0.1, 0.15) is 63.4 Å². The van der Waals surface area contributed by atoms with Gasteiger partial charge in [0.15, 0.2) is 0 Å². The summed E-state index contributed by atoms with van der Waals surface area (Å²) in [5, 5.41) is 3.39. The fraction of sp³-hybridized carbons (Fsp3) is 0.750. The summed E-state index contributed by atoms with van der Waals surface area (Å²) in [5.74, 6) is 1.59. The topological polar surface area (TPSA) is 95.5 Å². The third kappa shape index (κ3) is 3.32. The quantitative estimate of drug-likeness (QED) is 0.802. The molecule has 2 aliphatic heterocycles. The van der Waals surface area contributed by atoms with Crippen molar-refractivity contribution in [2.75, 3.05) is 29.6 Å². The van der Waals surface area contributed by atoms with Crippen LogP contribution in [0, 0.1) is 0 Å². The summed E-state index contributed by atoms with van der Waals surface area (Å²) < 4.78 is 24.9. The van der Waals surface area contributed by atoms with Gasteiger partial charge in [-0.3, -0.25) is 9.69 Å². The van der Waals surface area contributed by atoms with Crippen LogP contribution in [0.15, 0.2) is 6.20 Å². The van der Waals surface area contributed by atoms with Gasteiger partial charge in [0.1, 0.15) is 5.82 Å². The molecule has 1 aromatic heterocycles. The summed E-state index contributed by atoms with van der Waals surface area (Å²) in [6.45, 7) is 1.02.